The fraction of sp³-hybridized carbons (Fsp3) is 0.500. The molecule has 0 bridgehead atoms. The summed E-state index contributed by atoms with van der Waals surface area (Å²) in [6, 6.07) is 0. The third kappa shape index (κ3) is 5.37. The lowest BCUT2D eigenvalue weighted by Crippen LogP contribution is -2.15. The largest absolute Gasteiger partial charge is 0.466 e. The van der Waals surface area contributed by atoms with Crippen molar-refractivity contribution in [2.45, 2.75) is 6.92 Å². The molecule has 0 saturated heterocycles. The summed E-state index contributed by atoms with van der Waals surface area (Å²) >= 11 is 0. The number of esters is 2. The molecule has 0 radical (unpaired) electrons. The Morgan fingerprint density at radius 3 is 2.27 bits per heavy atom. The highest BCUT2D eigenvalue weighted by atomic mass is 32.2. The Labute approximate surface area is 92.2 Å². The smallest absolute Gasteiger partial charge is 0.343 e. The van der Waals surface area contributed by atoms with Gasteiger partial charge in [-0.2, -0.15) is 10.5 Å². The topological polar surface area (TPSA) is 52.6 Å². The second-order valence-electron chi connectivity index (χ2n) is 2.76. The molecule has 0 aromatic heterocycles. The van der Waals surface area contributed by atoms with Crippen LogP contribution in [-0.4, -0.2) is 43.0 Å². The van der Waals surface area contributed by atoms with E-state index in [4.69, 9.17) is 4.74 Å². The molecule has 0 heterocycles. The highest BCUT2D eigenvalue weighted by Gasteiger charge is 2.09. The Balaban J connectivity index is 4.72. The first-order valence-electron chi connectivity index (χ1n) is 4.40. The number of carbonyl (C=O) groups is 2. The van der Waals surface area contributed by atoms with Gasteiger partial charge in [0.05, 0.1) is 18.6 Å². The van der Waals surface area contributed by atoms with Gasteiger partial charge in [-0.05, 0) is 25.5 Å². The first-order chi connectivity index (χ1) is 7.02. The van der Waals surface area contributed by atoms with Crippen LogP contribution in [0.4, 0.5) is 0 Å². The van der Waals surface area contributed by atoms with E-state index in [0.717, 1.165) is 0 Å². The van der Waals surface area contributed by atoms with E-state index in [2.05, 4.69) is 4.74 Å². The van der Waals surface area contributed by atoms with Crippen LogP contribution in [0.25, 0.3) is 0 Å². The number of ether oxygens (including phenoxy) is 2. The summed E-state index contributed by atoms with van der Waals surface area (Å²) in [6.07, 6.45) is 6.44. The molecule has 4 nitrogen and oxygen atoms in total. The Kier molecular flexibility index (Phi) is 6.70. The minimum Gasteiger partial charge on any atom is -0.466 e. The average molecular weight is 232 g/mol. The van der Waals surface area contributed by atoms with Gasteiger partial charge in [0.25, 0.3) is 0 Å². The van der Waals surface area contributed by atoms with Gasteiger partial charge >= 0.3 is 11.9 Å². The van der Waals surface area contributed by atoms with Crippen LogP contribution >= 0.6 is 10.5 Å². The zero-order chi connectivity index (χ0) is 11.8. The first kappa shape index (κ1) is 13.9. The molecule has 0 aromatic carbocycles. The monoisotopic (exact) mass is 232 g/mol. The maximum absolute atomic E-state index is 11.4. The van der Waals surface area contributed by atoms with E-state index in [9.17, 15) is 9.59 Å². The summed E-state index contributed by atoms with van der Waals surface area (Å²) in [6.45, 7) is 2.06. The predicted molar refractivity (Wildman–Crippen MR) is 62.2 cm³/mol. The molecule has 0 aromatic rings. The number of methoxy groups -OCH3 is 1. The van der Waals surface area contributed by atoms with Gasteiger partial charge in [-0.3, -0.25) is 0 Å². The van der Waals surface area contributed by atoms with E-state index < -0.39 is 5.97 Å². The fourth-order valence-electron chi connectivity index (χ4n) is 0.785. The van der Waals surface area contributed by atoms with Gasteiger partial charge in [0.15, 0.2) is 0 Å². The number of hydrogen-bond donors (Lipinski definition) is 0. The second-order valence-corrected chi connectivity index (χ2v) is 4.83. The summed E-state index contributed by atoms with van der Waals surface area (Å²) in [7, 11) is 1.03. The molecule has 0 aliphatic rings. The maximum Gasteiger partial charge on any atom is 0.343 e. The molecule has 0 N–H and O–H groups in total. The molecule has 0 saturated carbocycles. The molecule has 86 valence electrons. The van der Waals surface area contributed by atoms with Crippen molar-refractivity contribution in [3.05, 3.63) is 12.2 Å². The highest BCUT2D eigenvalue weighted by Crippen LogP contribution is 2.06. The lowest BCUT2D eigenvalue weighted by atomic mass is 10.4. The van der Waals surface area contributed by atoms with Gasteiger partial charge in [0.2, 0.25) is 0 Å². The molecule has 0 unspecified atom stereocenters. The number of rotatable bonds is 4. The van der Waals surface area contributed by atoms with Gasteiger partial charge in [-0.25, -0.2) is 9.59 Å². The summed E-state index contributed by atoms with van der Waals surface area (Å²) in [5.41, 5.74) is 0. The van der Waals surface area contributed by atoms with Crippen molar-refractivity contribution in [1.29, 1.82) is 0 Å². The van der Waals surface area contributed by atoms with Crippen molar-refractivity contribution in [3.63, 3.8) is 0 Å². The molecule has 0 aliphatic heterocycles. The molecule has 0 aliphatic carbocycles. The van der Waals surface area contributed by atoms with Crippen molar-refractivity contribution < 1.29 is 19.1 Å². The predicted octanol–water partition coefficient (Wildman–Crippen LogP) is 0.980. The van der Waals surface area contributed by atoms with Crippen molar-refractivity contribution in [1.82, 2.24) is 0 Å². The minimum atomic E-state index is -0.484. The summed E-state index contributed by atoms with van der Waals surface area (Å²) in [4.78, 5) is 22.8. The van der Waals surface area contributed by atoms with Crippen LogP contribution in [0.3, 0.4) is 0 Å². The van der Waals surface area contributed by atoms with Gasteiger partial charge in [-0.15, -0.1) is 0 Å². The van der Waals surface area contributed by atoms with Crippen LogP contribution in [0.15, 0.2) is 12.2 Å². The van der Waals surface area contributed by atoms with Crippen molar-refractivity contribution in [3.8, 4) is 0 Å². The van der Waals surface area contributed by atoms with Crippen molar-refractivity contribution in [2.24, 2.45) is 0 Å². The van der Waals surface area contributed by atoms with E-state index in [1.165, 1.54) is 19.3 Å². The van der Waals surface area contributed by atoms with Gasteiger partial charge in [0, 0.05) is 6.08 Å². The van der Waals surface area contributed by atoms with E-state index in [1.807, 2.05) is 12.5 Å². The second kappa shape index (κ2) is 7.23. The Hall–Kier alpha value is -1.10. The third-order valence-electron chi connectivity index (χ3n) is 1.49. The SMILES string of the molecule is CCOC(=O)C(/C=C/C(=O)OC)=S(C)C. The molecule has 0 rings (SSSR count). The van der Waals surface area contributed by atoms with Gasteiger partial charge in [-0.1, -0.05) is 0 Å². The molecule has 0 fully saturated rings. The molecular formula is C10H16O4S. The zero-order valence-corrected chi connectivity index (χ0v) is 10.2. The lowest BCUT2D eigenvalue weighted by molar-refractivity contribution is -0.135. The average Bonchev–Trinajstić information content (AvgIpc) is 2.17. The number of carbonyl (C=O) groups excluding carboxylic acids is 2. The van der Waals surface area contributed by atoms with Crippen LogP contribution in [-0.2, 0) is 19.1 Å². The first-order valence-corrected chi connectivity index (χ1v) is 6.44. The molecule has 0 amide bonds. The lowest BCUT2D eigenvalue weighted by Gasteiger charge is -2.04. The summed E-state index contributed by atoms with van der Waals surface area (Å²) in [5.74, 6) is -0.867. The van der Waals surface area contributed by atoms with E-state index in [-0.39, 0.29) is 16.5 Å². The fourth-order valence-corrected chi connectivity index (χ4v) is 1.52. The van der Waals surface area contributed by atoms with E-state index in [0.29, 0.717) is 11.5 Å². The van der Waals surface area contributed by atoms with Gasteiger partial charge < -0.3 is 9.47 Å². The Morgan fingerprint density at radius 2 is 1.87 bits per heavy atom. The molecular weight excluding hydrogens is 216 g/mol. The third-order valence-corrected chi connectivity index (χ3v) is 2.67. The highest BCUT2D eigenvalue weighted by molar-refractivity contribution is 8.16. The van der Waals surface area contributed by atoms with Crippen LogP contribution in [0.5, 0.6) is 0 Å². The normalized spacial score (nSPS) is 10.5. The van der Waals surface area contributed by atoms with Crippen LogP contribution < -0.4 is 0 Å². The standard InChI is InChI=1S/C10H16O4S/c1-5-14-10(12)8(15(3)4)6-7-9(11)13-2/h6-7H,5H2,1-4H3/b7-6+. The number of hydrogen-bond acceptors (Lipinski definition) is 4. The molecule has 0 spiro atoms. The molecule has 15 heavy (non-hydrogen) atoms. The van der Waals surface area contributed by atoms with Crippen LogP contribution in [0.1, 0.15) is 6.92 Å². The summed E-state index contributed by atoms with van der Waals surface area (Å²) < 4.78 is 9.29. The van der Waals surface area contributed by atoms with Gasteiger partial charge in [0.1, 0.15) is 0 Å². The van der Waals surface area contributed by atoms with Crippen molar-refractivity contribution in [2.75, 3.05) is 26.2 Å². The van der Waals surface area contributed by atoms with E-state index in [1.54, 1.807) is 6.92 Å². The van der Waals surface area contributed by atoms with E-state index >= 15 is 0 Å². The Morgan fingerprint density at radius 1 is 1.27 bits per heavy atom. The maximum atomic E-state index is 11.4. The summed E-state index contributed by atoms with van der Waals surface area (Å²) in [5, 5.41) is 0. The minimum absolute atomic E-state index is 0.256. The quantitative estimate of drug-likeness (QED) is 0.412. The van der Waals surface area contributed by atoms with Crippen LogP contribution in [0.2, 0.25) is 0 Å². The molecule has 5 heteroatoms. The zero-order valence-electron chi connectivity index (χ0n) is 9.40. The Bertz CT molecular complexity index is 301. The van der Waals surface area contributed by atoms with Crippen molar-refractivity contribution >= 4 is 27.3 Å². The molecule has 0 atom stereocenters. The van der Waals surface area contributed by atoms with Crippen LogP contribution in [0, 0.1) is 0 Å².